The van der Waals surface area contributed by atoms with E-state index in [0.29, 0.717) is 10.8 Å². The maximum atomic E-state index is 12.2. The van der Waals surface area contributed by atoms with Crippen LogP contribution in [0.5, 0.6) is 0 Å². The van der Waals surface area contributed by atoms with Crippen molar-refractivity contribution in [1.82, 2.24) is 0 Å². The number of amides is 1. The SMILES string of the molecule is Cc1c(Cl)cccc1NC(=O)CSc1cccc2ccccc12. The lowest BCUT2D eigenvalue weighted by molar-refractivity contribution is -0.113. The van der Waals surface area contributed by atoms with Crippen LogP contribution >= 0.6 is 23.4 Å². The molecule has 4 heteroatoms. The van der Waals surface area contributed by atoms with Crippen LogP contribution in [0.4, 0.5) is 5.69 Å². The van der Waals surface area contributed by atoms with Gasteiger partial charge in [0.1, 0.15) is 0 Å². The first-order chi connectivity index (χ1) is 11.1. The van der Waals surface area contributed by atoms with E-state index in [0.717, 1.165) is 16.1 Å². The van der Waals surface area contributed by atoms with E-state index in [9.17, 15) is 4.79 Å². The number of fused-ring (bicyclic) bond motifs is 1. The number of carbonyl (C=O) groups is 1. The molecule has 3 aromatic carbocycles. The second-order valence-electron chi connectivity index (χ2n) is 5.23. The Hall–Kier alpha value is -1.97. The van der Waals surface area contributed by atoms with Crippen molar-refractivity contribution in [3.63, 3.8) is 0 Å². The summed E-state index contributed by atoms with van der Waals surface area (Å²) in [5, 5.41) is 5.94. The molecule has 0 bridgehead atoms. The maximum Gasteiger partial charge on any atom is 0.234 e. The third-order valence-electron chi connectivity index (χ3n) is 3.65. The first-order valence-electron chi connectivity index (χ1n) is 7.30. The van der Waals surface area contributed by atoms with Crippen molar-refractivity contribution in [2.45, 2.75) is 11.8 Å². The highest BCUT2D eigenvalue weighted by molar-refractivity contribution is 8.00. The topological polar surface area (TPSA) is 29.1 Å². The molecule has 0 aliphatic rings. The first kappa shape index (κ1) is 15.9. The zero-order valence-corrected chi connectivity index (χ0v) is 14.2. The number of halogens is 1. The lowest BCUT2D eigenvalue weighted by atomic mass is 10.1. The predicted molar refractivity (Wildman–Crippen MR) is 99.5 cm³/mol. The molecule has 0 fully saturated rings. The summed E-state index contributed by atoms with van der Waals surface area (Å²) in [6.45, 7) is 1.90. The minimum absolute atomic E-state index is 0.0340. The van der Waals surface area contributed by atoms with Crippen molar-refractivity contribution in [1.29, 1.82) is 0 Å². The van der Waals surface area contributed by atoms with Gasteiger partial charge in [0.05, 0.1) is 5.75 Å². The van der Waals surface area contributed by atoms with Gasteiger partial charge in [0.25, 0.3) is 0 Å². The molecular formula is C19H16ClNOS. The molecule has 0 aromatic heterocycles. The number of rotatable bonds is 4. The Labute approximate surface area is 144 Å². The molecule has 23 heavy (non-hydrogen) atoms. The number of hydrogen-bond acceptors (Lipinski definition) is 2. The standard InChI is InChI=1S/C19H16ClNOS/c1-13-16(20)9-5-10-17(13)21-19(22)12-23-18-11-4-7-14-6-2-3-8-15(14)18/h2-11H,12H2,1H3,(H,21,22). The van der Waals surface area contributed by atoms with E-state index in [1.807, 2.05) is 49.4 Å². The van der Waals surface area contributed by atoms with E-state index in [1.165, 1.54) is 10.8 Å². The van der Waals surface area contributed by atoms with Crippen LogP contribution in [0.25, 0.3) is 10.8 Å². The van der Waals surface area contributed by atoms with E-state index >= 15 is 0 Å². The third-order valence-corrected chi connectivity index (χ3v) is 5.13. The number of anilines is 1. The van der Waals surface area contributed by atoms with Crippen LogP contribution in [-0.2, 0) is 4.79 Å². The first-order valence-corrected chi connectivity index (χ1v) is 8.67. The molecule has 0 saturated carbocycles. The molecule has 0 saturated heterocycles. The number of carbonyl (C=O) groups excluding carboxylic acids is 1. The van der Waals surface area contributed by atoms with Crippen LogP contribution in [0.2, 0.25) is 5.02 Å². The van der Waals surface area contributed by atoms with Gasteiger partial charge in [-0.1, -0.05) is 54.1 Å². The van der Waals surface area contributed by atoms with Crippen molar-refractivity contribution >= 4 is 45.7 Å². The molecule has 3 aromatic rings. The van der Waals surface area contributed by atoms with Gasteiger partial charge in [0, 0.05) is 15.6 Å². The summed E-state index contributed by atoms with van der Waals surface area (Å²) in [5.41, 5.74) is 1.65. The van der Waals surface area contributed by atoms with Gasteiger partial charge in [0.15, 0.2) is 0 Å². The summed E-state index contributed by atoms with van der Waals surface area (Å²) in [6, 6.07) is 19.9. The Kier molecular flexibility index (Phi) is 4.89. The fourth-order valence-corrected chi connectivity index (χ4v) is 3.44. The molecule has 116 valence electrons. The van der Waals surface area contributed by atoms with Crippen molar-refractivity contribution in [3.05, 3.63) is 71.2 Å². The fraction of sp³-hybridized carbons (Fsp3) is 0.105. The molecule has 2 nitrogen and oxygen atoms in total. The predicted octanol–water partition coefficient (Wildman–Crippen LogP) is 5.53. The molecule has 1 N–H and O–H groups in total. The van der Waals surface area contributed by atoms with Crippen molar-refractivity contribution in [2.75, 3.05) is 11.1 Å². The Bertz CT molecular complexity index is 858. The van der Waals surface area contributed by atoms with Gasteiger partial charge < -0.3 is 5.32 Å². The number of thioether (sulfide) groups is 1. The van der Waals surface area contributed by atoms with E-state index < -0.39 is 0 Å². The van der Waals surface area contributed by atoms with Crippen LogP contribution < -0.4 is 5.32 Å². The van der Waals surface area contributed by atoms with Gasteiger partial charge in [0.2, 0.25) is 5.91 Å². The summed E-state index contributed by atoms with van der Waals surface area (Å²) >= 11 is 7.62. The van der Waals surface area contributed by atoms with Crippen LogP contribution in [0.1, 0.15) is 5.56 Å². The monoisotopic (exact) mass is 341 g/mol. The van der Waals surface area contributed by atoms with Crippen LogP contribution in [-0.4, -0.2) is 11.7 Å². The molecule has 0 spiro atoms. The van der Waals surface area contributed by atoms with E-state index in [4.69, 9.17) is 11.6 Å². The molecule has 0 heterocycles. The lowest BCUT2D eigenvalue weighted by Crippen LogP contribution is -2.14. The molecule has 0 radical (unpaired) electrons. The van der Waals surface area contributed by atoms with Gasteiger partial charge >= 0.3 is 0 Å². The number of benzene rings is 3. The van der Waals surface area contributed by atoms with Gasteiger partial charge in [-0.05, 0) is 41.5 Å². The Morgan fingerprint density at radius 1 is 1.04 bits per heavy atom. The second kappa shape index (κ2) is 7.07. The number of nitrogens with one attached hydrogen (secondary N) is 1. The smallest absolute Gasteiger partial charge is 0.234 e. The molecular weight excluding hydrogens is 326 g/mol. The Morgan fingerprint density at radius 3 is 2.65 bits per heavy atom. The van der Waals surface area contributed by atoms with Gasteiger partial charge in [-0.25, -0.2) is 0 Å². The summed E-state index contributed by atoms with van der Waals surface area (Å²) in [5.74, 6) is 0.327. The second-order valence-corrected chi connectivity index (χ2v) is 6.65. The molecule has 1 amide bonds. The summed E-state index contributed by atoms with van der Waals surface area (Å²) in [6.07, 6.45) is 0. The average molecular weight is 342 g/mol. The molecule has 3 rings (SSSR count). The Balaban J connectivity index is 1.70. The zero-order valence-electron chi connectivity index (χ0n) is 12.7. The van der Waals surface area contributed by atoms with Crippen LogP contribution in [0, 0.1) is 6.92 Å². The van der Waals surface area contributed by atoms with Crippen molar-refractivity contribution in [2.24, 2.45) is 0 Å². The summed E-state index contributed by atoms with van der Waals surface area (Å²) in [4.78, 5) is 13.3. The van der Waals surface area contributed by atoms with Crippen LogP contribution in [0.3, 0.4) is 0 Å². The van der Waals surface area contributed by atoms with E-state index in [1.54, 1.807) is 11.8 Å². The minimum atomic E-state index is -0.0340. The molecule has 0 unspecified atom stereocenters. The highest BCUT2D eigenvalue weighted by atomic mass is 35.5. The van der Waals surface area contributed by atoms with Gasteiger partial charge in [-0.3, -0.25) is 4.79 Å². The fourth-order valence-electron chi connectivity index (χ4n) is 2.39. The normalized spacial score (nSPS) is 10.7. The largest absolute Gasteiger partial charge is 0.325 e. The molecule has 0 aliphatic heterocycles. The minimum Gasteiger partial charge on any atom is -0.325 e. The average Bonchev–Trinajstić information content (AvgIpc) is 2.57. The van der Waals surface area contributed by atoms with Crippen LogP contribution in [0.15, 0.2) is 65.6 Å². The lowest BCUT2D eigenvalue weighted by Gasteiger charge is -2.10. The third kappa shape index (κ3) is 3.69. The zero-order chi connectivity index (χ0) is 16.2. The summed E-state index contributed by atoms with van der Waals surface area (Å²) < 4.78 is 0. The van der Waals surface area contributed by atoms with E-state index in [2.05, 4.69) is 23.5 Å². The summed E-state index contributed by atoms with van der Waals surface area (Å²) in [7, 11) is 0. The van der Waals surface area contributed by atoms with Gasteiger partial charge in [-0.15, -0.1) is 11.8 Å². The molecule has 0 aliphatic carbocycles. The van der Waals surface area contributed by atoms with Crippen molar-refractivity contribution in [3.8, 4) is 0 Å². The highest BCUT2D eigenvalue weighted by Gasteiger charge is 2.08. The van der Waals surface area contributed by atoms with E-state index in [-0.39, 0.29) is 5.91 Å². The number of hydrogen-bond donors (Lipinski definition) is 1. The Morgan fingerprint density at radius 2 is 1.78 bits per heavy atom. The maximum absolute atomic E-state index is 12.2. The highest BCUT2D eigenvalue weighted by Crippen LogP contribution is 2.28. The quantitative estimate of drug-likeness (QED) is 0.632. The van der Waals surface area contributed by atoms with Crippen molar-refractivity contribution < 1.29 is 4.79 Å². The van der Waals surface area contributed by atoms with Gasteiger partial charge in [-0.2, -0.15) is 0 Å². The molecule has 0 atom stereocenters.